The molecule has 7 heteroatoms. The Kier molecular flexibility index (Phi) is 4.48. The summed E-state index contributed by atoms with van der Waals surface area (Å²) in [4.78, 5) is 0.0496. The number of halogens is 2. The quantitative estimate of drug-likeness (QED) is 0.879. The van der Waals surface area contributed by atoms with Crippen LogP contribution in [-0.2, 0) is 10.0 Å². The molecular weight excluding hydrogens is 331 g/mol. The van der Waals surface area contributed by atoms with E-state index < -0.39 is 10.0 Å². The summed E-state index contributed by atoms with van der Waals surface area (Å²) in [6.07, 6.45) is 4.46. The fourth-order valence-corrected chi connectivity index (χ4v) is 5.21. The van der Waals surface area contributed by atoms with Gasteiger partial charge < -0.3 is 5.32 Å². The van der Waals surface area contributed by atoms with E-state index in [0.29, 0.717) is 24.5 Å². The first-order valence-electron chi connectivity index (χ1n) is 7.15. The topological polar surface area (TPSA) is 58.2 Å². The van der Waals surface area contributed by atoms with Crippen LogP contribution in [0.1, 0.15) is 25.7 Å². The third kappa shape index (κ3) is 3.37. The standard InChI is InChI=1S/C14H18Cl2N2O2S/c15-12-2-1-3-13(14(12)16)21(19,20)17-8-9-6-10-4-5-11(7-9)18-10/h1-3,9-11,17-18H,4-8H2/t9?,10-,11+. The zero-order chi connectivity index (χ0) is 15.0. The van der Waals surface area contributed by atoms with Crippen LogP contribution in [-0.4, -0.2) is 27.0 Å². The van der Waals surface area contributed by atoms with E-state index in [1.807, 2.05) is 0 Å². The number of hydrogen-bond donors (Lipinski definition) is 2. The molecule has 2 aliphatic rings. The van der Waals surface area contributed by atoms with Gasteiger partial charge >= 0.3 is 0 Å². The molecule has 2 aliphatic heterocycles. The van der Waals surface area contributed by atoms with Gasteiger partial charge in [-0.05, 0) is 43.7 Å². The molecule has 2 N–H and O–H groups in total. The van der Waals surface area contributed by atoms with Crippen LogP contribution in [0.15, 0.2) is 23.1 Å². The van der Waals surface area contributed by atoms with Gasteiger partial charge in [-0.2, -0.15) is 0 Å². The van der Waals surface area contributed by atoms with Crippen molar-refractivity contribution in [3.63, 3.8) is 0 Å². The molecule has 1 aromatic rings. The van der Waals surface area contributed by atoms with Crippen molar-refractivity contribution < 1.29 is 8.42 Å². The Balaban J connectivity index is 1.68. The lowest BCUT2D eigenvalue weighted by molar-refractivity contribution is 0.300. The lowest BCUT2D eigenvalue weighted by atomic mass is 9.93. The van der Waals surface area contributed by atoms with Crippen molar-refractivity contribution in [1.29, 1.82) is 0 Å². The molecule has 3 atom stereocenters. The van der Waals surface area contributed by atoms with Crippen LogP contribution >= 0.6 is 23.2 Å². The Bertz CT molecular complexity index is 624. The van der Waals surface area contributed by atoms with Gasteiger partial charge in [0.25, 0.3) is 0 Å². The molecule has 0 radical (unpaired) electrons. The van der Waals surface area contributed by atoms with E-state index in [9.17, 15) is 8.42 Å². The number of nitrogens with one attached hydrogen (secondary N) is 2. The van der Waals surface area contributed by atoms with Gasteiger partial charge in [-0.3, -0.25) is 0 Å². The van der Waals surface area contributed by atoms with E-state index in [-0.39, 0.29) is 14.9 Å². The Labute approximate surface area is 135 Å². The monoisotopic (exact) mass is 348 g/mol. The summed E-state index contributed by atoms with van der Waals surface area (Å²) in [5, 5.41) is 3.88. The van der Waals surface area contributed by atoms with Crippen LogP contribution in [0.3, 0.4) is 0 Å². The normalized spacial score (nSPS) is 28.8. The number of fused-ring (bicyclic) bond motifs is 2. The lowest BCUT2D eigenvalue weighted by Crippen LogP contribution is -2.42. The molecule has 1 aromatic carbocycles. The van der Waals surface area contributed by atoms with Gasteiger partial charge in [0.2, 0.25) is 10.0 Å². The molecule has 1 unspecified atom stereocenters. The summed E-state index contributed by atoms with van der Waals surface area (Å²) < 4.78 is 27.4. The van der Waals surface area contributed by atoms with Gasteiger partial charge in [0, 0.05) is 18.6 Å². The number of benzene rings is 1. The third-order valence-electron chi connectivity index (χ3n) is 4.34. The third-order valence-corrected chi connectivity index (χ3v) is 6.74. The maximum Gasteiger partial charge on any atom is 0.242 e. The minimum Gasteiger partial charge on any atom is -0.311 e. The van der Waals surface area contributed by atoms with Crippen LogP contribution in [0.5, 0.6) is 0 Å². The second kappa shape index (κ2) is 6.05. The van der Waals surface area contributed by atoms with Gasteiger partial charge in [0.1, 0.15) is 4.90 Å². The first-order valence-corrected chi connectivity index (χ1v) is 9.39. The van der Waals surface area contributed by atoms with Crippen molar-refractivity contribution in [2.75, 3.05) is 6.54 Å². The van der Waals surface area contributed by atoms with E-state index in [0.717, 1.165) is 12.8 Å². The number of sulfonamides is 1. The predicted molar refractivity (Wildman–Crippen MR) is 84.3 cm³/mol. The first-order chi connectivity index (χ1) is 9.95. The van der Waals surface area contributed by atoms with Crippen molar-refractivity contribution in [3.8, 4) is 0 Å². The maximum atomic E-state index is 12.4. The molecule has 2 bridgehead atoms. The summed E-state index contributed by atoms with van der Waals surface area (Å²) in [7, 11) is -3.61. The summed E-state index contributed by atoms with van der Waals surface area (Å²) in [5.41, 5.74) is 0. The van der Waals surface area contributed by atoms with Crippen LogP contribution in [0.4, 0.5) is 0 Å². The minimum absolute atomic E-state index is 0.0496. The fourth-order valence-electron chi connectivity index (χ4n) is 3.34. The van der Waals surface area contributed by atoms with Gasteiger partial charge in [-0.25, -0.2) is 13.1 Å². The maximum absolute atomic E-state index is 12.4. The summed E-state index contributed by atoms with van der Waals surface area (Å²) in [6.45, 7) is 0.458. The van der Waals surface area contributed by atoms with Crippen LogP contribution < -0.4 is 10.0 Å². The minimum atomic E-state index is -3.61. The number of hydrogen-bond acceptors (Lipinski definition) is 3. The average molecular weight is 349 g/mol. The molecule has 116 valence electrons. The summed E-state index contributed by atoms with van der Waals surface area (Å²) in [6, 6.07) is 5.74. The Morgan fingerprint density at radius 2 is 1.86 bits per heavy atom. The second-order valence-electron chi connectivity index (χ2n) is 5.88. The predicted octanol–water partition coefficient (Wildman–Crippen LogP) is 2.80. The zero-order valence-corrected chi connectivity index (χ0v) is 13.8. The Morgan fingerprint density at radius 1 is 1.19 bits per heavy atom. The molecule has 21 heavy (non-hydrogen) atoms. The number of piperidine rings is 1. The van der Waals surface area contributed by atoms with Crippen LogP contribution in [0, 0.1) is 5.92 Å². The van der Waals surface area contributed by atoms with Crippen molar-refractivity contribution >= 4 is 33.2 Å². The highest BCUT2D eigenvalue weighted by atomic mass is 35.5. The largest absolute Gasteiger partial charge is 0.311 e. The van der Waals surface area contributed by atoms with E-state index >= 15 is 0 Å². The SMILES string of the molecule is O=S(=O)(NCC1C[C@H]2CC[C@@H](C1)N2)c1cccc(Cl)c1Cl. The van der Waals surface area contributed by atoms with Gasteiger partial charge in [-0.15, -0.1) is 0 Å². The molecule has 0 amide bonds. The Hall–Kier alpha value is -0.330. The Morgan fingerprint density at radius 3 is 2.52 bits per heavy atom. The van der Waals surface area contributed by atoms with E-state index in [4.69, 9.17) is 23.2 Å². The molecule has 0 spiro atoms. The average Bonchev–Trinajstić information content (AvgIpc) is 2.78. The van der Waals surface area contributed by atoms with E-state index in [1.165, 1.54) is 18.9 Å². The molecule has 0 aliphatic carbocycles. The summed E-state index contributed by atoms with van der Waals surface area (Å²) in [5.74, 6) is 0.386. The van der Waals surface area contributed by atoms with Crippen LogP contribution in [0.2, 0.25) is 10.0 Å². The fraction of sp³-hybridized carbons (Fsp3) is 0.571. The van der Waals surface area contributed by atoms with Crippen molar-refractivity contribution in [3.05, 3.63) is 28.2 Å². The summed E-state index contributed by atoms with van der Waals surface area (Å²) >= 11 is 11.9. The van der Waals surface area contributed by atoms with Gasteiger partial charge in [0.05, 0.1) is 10.0 Å². The molecule has 2 heterocycles. The highest BCUT2D eigenvalue weighted by molar-refractivity contribution is 7.89. The molecule has 2 saturated heterocycles. The smallest absolute Gasteiger partial charge is 0.242 e. The van der Waals surface area contributed by atoms with E-state index in [1.54, 1.807) is 12.1 Å². The van der Waals surface area contributed by atoms with E-state index in [2.05, 4.69) is 10.0 Å². The molecule has 0 saturated carbocycles. The van der Waals surface area contributed by atoms with Gasteiger partial charge in [-0.1, -0.05) is 29.3 Å². The van der Waals surface area contributed by atoms with Crippen molar-refractivity contribution in [2.45, 2.75) is 42.7 Å². The number of rotatable bonds is 4. The van der Waals surface area contributed by atoms with Crippen molar-refractivity contribution in [1.82, 2.24) is 10.0 Å². The molecular formula is C14H18Cl2N2O2S. The lowest BCUT2D eigenvalue weighted by Gasteiger charge is -2.29. The van der Waals surface area contributed by atoms with Crippen LogP contribution in [0.25, 0.3) is 0 Å². The molecule has 4 nitrogen and oxygen atoms in total. The highest BCUT2D eigenvalue weighted by Gasteiger charge is 2.34. The van der Waals surface area contributed by atoms with Crippen molar-refractivity contribution in [2.24, 2.45) is 5.92 Å². The zero-order valence-electron chi connectivity index (χ0n) is 11.5. The molecule has 3 rings (SSSR count). The highest BCUT2D eigenvalue weighted by Crippen LogP contribution is 2.32. The molecule has 0 aromatic heterocycles. The first kappa shape index (κ1) is 15.6. The molecule has 2 fully saturated rings. The van der Waals surface area contributed by atoms with Gasteiger partial charge in [0.15, 0.2) is 0 Å². The second-order valence-corrected chi connectivity index (χ2v) is 8.40.